The number of aromatic nitrogens is 11. The molecule has 2 aromatic carbocycles. The lowest BCUT2D eigenvalue weighted by atomic mass is 10.1. The summed E-state index contributed by atoms with van der Waals surface area (Å²) in [6.45, 7) is 6.61. The van der Waals surface area contributed by atoms with Crippen molar-refractivity contribution in [1.82, 2.24) is 69.6 Å². The Balaban J connectivity index is 0.654. The lowest BCUT2D eigenvalue weighted by molar-refractivity contribution is -0.136. The molecule has 67 heavy (non-hydrogen) atoms. The molecule has 344 valence electrons. The van der Waals surface area contributed by atoms with Crippen molar-refractivity contribution in [3.05, 3.63) is 95.6 Å². The molecule has 0 aliphatic carbocycles. The molecule has 10 rings (SSSR count). The largest absolute Gasteiger partial charge is 0.384 e. The number of unbranched alkanes of at least 4 members (excludes halogenated alkanes) is 1. The minimum atomic E-state index is -0.834. The zero-order chi connectivity index (χ0) is 45.9. The number of imide groups is 1. The number of carbonyl (C=O) groups excluding carboxylic acids is 3. The molecule has 7 aromatic rings. The van der Waals surface area contributed by atoms with Gasteiger partial charge < -0.3 is 19.9 Å². The Bertz CT molecular complexity index is 2980. The predicted octanol–water partition coefficient (Wildman–Crippen LogP) is 2.60. The highest BCUT2D eigenvalue weighted by Crippen LogP contribution is 2.25. The van der Waals surface area contributed by atoms with Crippen LogP contribution in [0.4, 0.5) is 11.6 Å². The summed E-state index contributed by atoms with van der Waals surface area (Å²) >= 11 is 0. The van der Waals surface area contributed by atoms with E-state index in [2.05, 4.69) is 75.2 Å². The van der Waals surface area contributed by atoms with Gasteiger partial charge in [-0.05, 0) is 36.5 Å². The lowest BCUT2D eigenvalue weighted by Gasteiger charge is -2.35. The monoisotopic (exact) mass is 906 g/mol. The highest BCUT2D eigenvalue weighted by atomic mass is 16.5. The van der Waals surface area contributed by atoms with Crippen LogP contribution < -0.4 is 21.1 Å². The molecular weight excluding hydrogens is 857 g/mol. The van der Waals surface area contributed by atoms with E-state index >= 15 is 0 Å². The molecule has 21 nitrogen and oxygen atoms in total. The fraction of sp³-hybridized carbons (Fsp3) is 0.391. The third kappa shape index (κ3) is 9.59. The number of nitrogens with one attached hydrogen (secondary N) is 2. The van der Waals surface area contributed by atoms with Gasteiger partial charge in [-0.25, -0.2) is 29.3 Å². The van der Waals surface area contributed by atoms with Crippen LogP contribution in [0.15, 0.2) is 84.4 Å². The molecule has 21 heteroatoms. The zero-order valence-corrected chi connectivity index (χ0v) is 37.1. The smallest absolute Gasteiger partial charge is 0.277 e. The number of morpholine rings is 1. The third-order valence-corrected chi connectivity index (χ3v) is 12.6. The predicted molar refractivity (Wildman–Crippen MR) is 246 cm³/mol. The molecule has 3 aliphatic heterocycles. The molecule has 3 amide bonds. The molecule has 1 unspecified atom stereocenters. The van der Waals surface area contributed by atoms with Crippen LogP contribution in [-0.2, 0) is 39.3 Å². The first-order valence-electron chi connectivity index (χ1n) is 22.6. The first-order valence-corrected chi connectivity index (χ1v) is 22.6. The molecule has 5 aromatic heterocycles. The van der Waals surface area contributed by atoms with Gasteiger partial charge in [0.15, 0.2) is 5.65 Å². The average Bonchev–Trinajstić information content (AvgIpc) is 3.97. The molecule has 2 N–H and O–H groups in total. The molecule has 0 radical (unpaired) electrons. The number of hydrogen-bond acceptors (Lipinski definition) is 16. The van der Waals surface area contributed by atoms with Crippen LogP contribution in [0.5, 0.6) is 0 Å². The Morgan fingerprint density at radius 1 is 0.881 bits per heavy atom. The van der Waals surface area contributed by atoms with E-state index in [4.69, 9.17) is 14.7 Å². The number of ether oxygens (including phenoxy) is 1. The average molecular weight is 907 g/mol. The minimum absolute atomic E-state index is 0.153. The fourth-order valence-electron chi connectivity index (χ4n) is 8.91. The number of piperazine rings is 1. The summed E-state index contributed by atoms with van der Waals surface area (Å²) < 4.78 is 10.7. The number of nitrogens with zero attached hydrogens (tertiary/aromatic N) is 14. The molecule has 0 bridgehead atoms. The van der Waals surface area contributed by atoms with E-state index in [0.29, 0.717) is 98.1 Å². The van der Waals surface area contributed by atoms with E-state index < -0.39 is 11.9 Å². The Morgan fingerprint density at radius 3 is 2.51 bits per heavy atom. The lowest BCUT2D eigenvalue weighted by Crippen LogP contribution is -2.48. The topological polar surface area (TPSA) is 229 Å². The normalized spacial score (nSPS) is 18.2. The number of fused-ring (bicyclic) bond motifs is 2. The number of anilines is 2. The van der Waals surface area contributed by atoms with Crippen LogP contribution in [0.25, 0.3) is 44.5 Å². The van der Waals surface area contributed by atoms with Crippen molar-refractivity contribution in [2.24, 2.45) is 7.05 Å². The van der Waals surface area contributed by atoms with Gasteiger partial charge in [0.05, 0.1) is 48.9 Å². The number of rotatable bonds is 14. The van der Waals surface area contributed by atoms with Crippen molar-refractivity contribution in [2.75, 3.05) is 62.6 Å². The second kappa shape index (κ2) is 19.1. The van der Waals surface area contributed by atoms with Crippen LogP contribution >= 0.6 is 0 Å². The van der Waals surface area contributed by atoms with Gasteiger partial charge in [0.1, 0.15) is 6.04 Å². The van der Waals surface area contributed by atoms with E-state index in [-0.39, 0.29) is 36.3 Å². The Kier molecular flexibility index (Phi) is 12.4. The number of amides is 3. The van der Waals surface area contributed by atoms with Crippen LogP contribution in [0, 0.1) is 0 Å². The van der Waals surface area contributed by atoms with Crippen molar-refractivity contribution in [2.45, 2.75) is 57.3 Å². The fourth-order valence-corrected chi connectivity index (χ4v) is 8.91. The standard InChI is InChI=1S/C46H50N16O5/c1-57-27-34(24-51-57)37-25-48-43-42(53-37)55-56-61(43)29-35-28-60(19-20-67-35)46-49-21-33(22-50-46)31-10-8-30(9-11-31)26-58-15-17-59(18-16-58)40(64)7-2-3-14-47-36-6-4-5-32-23-52-62(45(66)41(32)36)38-12-13-39(63)54-44(38)65/h4-6,8-11,21-25,27,35,38,47H,2-3,7,12-20,26,28-29H2,1H3,(H,54,63,65)/t35-,38?/m0/s1. The van der Waals surface area contributed by atoms with E-state index in [1.807, 2.05) is 42.7 Å². The summed E-state index contributed by atoms with van der Waals surface area (Å²) in [6, 6.07) is 13.1. The van der Waals surface area contributed by atoms with Gasteiger partial charge in [0.2, 0.25) is 23.4 Å². The number of aryl methyl sites for hydroxylation is 1. The summed E-state index contributed by atoms with van der Waals surface area (Å²) in [5.74, 6) is -0.0715. The quantitative estimate of drug-likeness (QED) is 0.118. The van der Waals surface area contributed by atoms with E-state index in [1.54, 1.807) is 34.0 Å². The Hall–Kier alpha value is -7.52. The molecule has 3 aliphatic rings. The van der Waals surface area contributed by atoms with E-state index in [1.165, 1.54) is 10.2 Å². The highest BCUT2D eigenvalue weighted by molar-refractivity contribution is 5.99. The zero-order valence-electron chi connectivity index (χ0n) is 37.1. The third-order valence-electron chi connectivity index (χ3n) is 12.6. The molecule has 0 spiro atoms. The van der Waals surface area contributed by atoms with Gasteiger partial charge in [0.25, 0.3) is 11.5 Å². The SMILES string of the molecule is Cn1cc(-c2cnc3c(nnn3C[C@@H]3CN(c4ncc(-c5ccc(CN6CCN(C(=O)CCCCNc7cccc8cnn(C9CCC(=O)NC9=O)c(=O)c78)CC6)cc5)cn4)CCO3)n2)cn1. The summed E-state index contributed by atoms with van der Waals surface area (Å²) in [7, 11) is 1.86. The second-order valence-corrected chi connectivity index (χ2v) is 17.2. The van der Waals surface area contributed by atoms with Gasteiger partial charge in [-0.2, -0.15) is 10.2 Å². The van der Waals surface area contributed by atoms with Crippen LogP contribution in [-0.4, -0.2) is 141 Å². The molecule has 8 heterocycles. The molecule has 2 atom stereocenters. The first kappa shape index (κ1) is 43.4. The number of piperidine rings is 1. The van der Waals surface area contributed by atoms with Gasteiger partial charge in [-0.15, -0.1) is 5.10 Å². The van der Waals surface area contributed by atoms with E-state index in [0.717, 1.165) is 42.7 Å². The molecular formula is C46H50N16O5. The number of carbonyl (C=O) groups is 3. The first-order chi connectivity index (χ1) is 32.7. The van der Waals surface area contributed by atoms with Gasteiger partial charge in [-0.3, -0.25) is 34.1 Å². The number of benzene rings is 2. The van der Waals surface area contributed by atoms with Gasteiger partial charge >= 0.3 is 0 Å². The van der Waals surface area contributed by atoms with Gasteiger partial charge in [0, 0.05) is 113 Å². The maximum absolute atomic E-state index is 13.5. The molecule has 0 saturated carbocycles. The Labute approximate surface area is 384 Å². The summed E-state index contributed by atoms with van der Waals surface area (Å²) in [5.41, 5.74) is 6.04. The number of hydrogen-bond donors (Lipinski definition) is 2. The summed E-state index contributed by atoms with van der Waals surface area (Å²) in [4.78, 5) is 75.9. The van der Waals surface area contributed by atoms with Crippen molar-refractivity contribution < 1.29 is 19.1 Å². The maximum Gasteiger partial charge on any atom is 0.277 e. The van der Waals surface area contributed by atoms with Gasteiger partial charge in [-0.1, -0.05) is 41.6 Å². The summed E-state index contributed by atoms with van der Waals surface area (Å²) in [6.07, 6.45) is 12.7. The molecule has 3 saturated heterocycles. The maximum atomic E-state index is 13.5. The molecule has 3 fully saturated rings. The van der Waals surface area contributed by atoms with Crippen LogP contribution in [0.1, 0.15) is 43.7 Å². The van der Waals surface area contributed by atoms with Crippen LogP contribution in [0.2, 0.25) is 0 Å². The minimum Gasteiger partial charge on any atom is -0.384 e. The van der Waals surface area contributed by atoms with Crippen molar-refractivity contribution in [1.29, 1.82) is 0 Å². The van der Waals surface area contributed by atoms with Crippen molar-refractivity contribution in [3.8, 4) is 22.4 Å². The summed E-state index contributed by atoms with van der Waals surface area (Å²) in [5, 5.41) is 23.8. The Morgan fingerprint density at radius 2 is 1.72 bits per heavy atom. The second-order valence-electron chi connectivity index (χ2n) is 17.2. The highest BCUT2D eigenvalue weighted by Gasteiger charge is 2.30. The van der Waals surface area contributed by atoms with Crippen molar-refractivity contribution >= 4 is 51.4 Å². The van der Waals surface area contributed by atoms with Crippen molar-refractivity contribution in [3.63, 3.8) is 0 Å². The van der Waals surface area contributed by atoms with Crippen LogP contribution in [0.3, 0.4) is 0 Å². The van der Waals surface area contributed by atoms with E-state index in [9.17, 15) is 19.2 Å².